The summed E-state index contributed by atoms with van der Waals surface area (Å²) in [6.45, 7) is 5.08. The van der Waals surface area contributed by atoms with Gasteiger partial charge in [-0.15, -0.1) is 0 Å². The molecule has 0 saturated carbocycles. The van der Waals surface area contributed by atoms with Crippen LogP contribution in [0, 0.1) is 0 Å². The van der Waals surface area contributed by atoms with Crippen LogP contribution < -0.4 is 5.32 Å². The third-order valence-electron chi connectivity index (χ3n) is 2.95. The number of rotatable bonds is 4. The molecule has 108 valence electrons. The van der Waals surface area contributed by atoms with Gasteiger partial charge in [-0.05, 0) is 49.9 Å². The standard InChI is InChI=1S/C14H16Br3N3/c1-8(2)13-9(7-20(3)19-13)6-18-14-11(16)4-10(15)5-12(14)17/h4-5,7-8,18H,6H2,1-3H3. The third-order valence-corrected chi connectivity index (χ3v) is 4.66. The van der Waals surface area contributed by atoms with E-state index in [4.69, 9.17) is 0 Å². The van der Waals surface area contributed by atoms with E-state index in [-0.39, 0.29) is 0 Å². The lowest BCUT2D eigenvalue weighted by Gasteiger charge is -2.12. The van der Waals surface area contributed by atoms with E-state index >= 15 is 0 Å². The average Bonchev–Trinajstić information content (AvgIpc) is 2.69. The van der Waals surface area contributed by atoms with Crippen LogP contribution in [-0.4, -0.2) is 9.78 Å². The van der Waals surface area contributed by atoms with E-state index in [1.807, 2.05) is 23.9 Å². The van der Waals surface area contributed by atoms with Gasteiger partial charge in [0.2, 0.25) is 0 Å². The normalized spacial score (nSPS) is 11.2. The van der Waals surface area contributed by atoms with E-state index in [1.54, 1.807) is 0 Å². The molecule has 0 aliphatic rings. The van der Waals surface area contributed by atoms with Gasteiger partial charge in [-0.3, -0.25) is 4.68 Å². The number of hydrogen-bond acceptors (Lipinski definition) is 2. The van der Waals surface area contributed by atoms with Crippen LogP contribution in [0.5, 0.6) is 0 Å². The van der Waals surface area contributed by atoms with E-state index in [1.165, 1.54) is 5.56 Å². The van der Waals surface area contributed by atoms with Gasteiger partial charge in [0.05, 0.1) is 11.4 Å². The largest absolute Gasteiger partial charge is 0.379 e. The molecule has 0 radical (unpaired) electrons. The minimum Gasteiger partial charge on any atom is -0.379 e. The topological polar surface area (TPSA) is 29.9 Å². The lowest BCUT2D eigenvalue weighted by molar-refractivity contribution is 0.712. The fraction of sp³-hybridized carbons (Fsp3) is 0.357. The minimum absolute atomic E-state index is 0.421. The molecule has 0 aliphatic carbocycles. The molecule has 0 atom stereocenters. The second-order valence-corrected chi connectivity index (χ2v) is 7.59. The number of aryl methyl sites for hydroxylation is 1. The molecule has 1 N–H and O–H groups in total. The molecule has 6 heteroatoms. The molecule has 2 aromatic rings. The Morgan fingerprint density at radius 3 is 2.35 bits per heavy atom. The summed E-state index contributed by atoms with van der Waals surface area (Å²) in [6.07, 6.45) is 2.07. The molecule has 0 saturated heterocycles. The quantitative estimate of drug-likeness (QED) is 0.651. The Hall–Kier alpha value is -0.330. The Morgan fingerprint density at radius 2 is 1.80 bits per heavy atom. The van der Waals surface area contributed by atoms with Crippen molar-refractivity contribution in [1.29, 1.82) is 0 Å². The van der Waals surface area contributed by atoms with Crippen LogP contribution in [0.3, 0.4) is 0 Å². The predicted octanol–water partition coefficient (Wildman–Crippen LogP) is 5.44. The highest BCUT2D eigenvalue weighted by molar-refractivity contribution is 9.11. The second kappa shape index (κ2) is 6.62. The van der Waals surface area contributed by atoms with Crippen molar-refractivity contribution in [2.45, 2.75) is 26.3 Å². The molecular weight excluding hydrogens is 450 g/mol. The van der Waals surface area contributed by atoms with E-state index in [9.17, 15) is 0 Å². The van der Waals surface area contributed by atoms with Gasteiger partial charge >= 0.3 is 0 Å². The maximum Gasteiger partial charge on any atom is 0.0699 e. The molecule has 1 aromatic carbocycles. The highest BCUT2D eigenvalue weighted by Gasteiger charge is 2.13. The molecule has 3 nitrogen and oxygen atoms in total. The maximum absolute atomic E-state index is 4.53. The summed E-state index contributed by atoms with van der Waals surface area (Å²) in [5, 5.41) is 7.99. The van der Waals surface area contributed by atoms with Crippen molar-refractivity contribution < 1.29 is 0 Å². The molecule has 0 bridgehead atoms. The lowest BCUT2D eigenvalue weighted by atomic mass is 10.1. The molecule has 2 rings (SSSR count). The molecule has 0 unspecified atom stereocenters. The van der Waals surface area contributed by atoms with E-state index in [0.29, 0.717) is 5.92 Å². The second-order valence-electron chi connectivity index (χ2n) is 4.97. The summed E-state index contributed by atoms with van der Waals surface area (Å²) in [5.74, 6) is 0.421. The monoisotopic (exact) mass is 463 g/mol. The predicted molar refractivity (Wildman–Crippen MR) is 94.2 cm³/mol. The minimum atomic E-state index is 0.421. The van der Waals surface area contributed by atoms with Gasteiger partial charge in [-0.1, -0.05) is 29.8 Å². The summed E-state index contributed by atoms with van der Waals surface area (Å²) in [4.78, 5) is 0. The Morgan fingerprint density at radius 1 is 1.20 bits per heavy atom. The van der Waals surface area contributed by atoms with Gasteiger partial charge in [0.1, 0.15) is 0 Å². The highest BCUT2D eigenvalue weighted by Crippen LogP contribution is 2.34. The van der Waals surface area contributed by atoms with Crippen LogP contribution in [0.1, 0.15) is 31.0 Å². The number of hydrogen-bond donors (Lipinski definition) is 1. The van der Waals surface area contributed by atoms with Crippen LogP contribution >= 0.6 is 47.8 Å². The van der Waals surface area contributed by atoms with Crippen LogP contribution in [0.15, 0.2) is 31.7 Å². The Bertz CT molecular complexity index is 597. The van der Waals surface area contributed by atoms with Gasteiger partial charge in [0.25, 0.3) is 0 Å². The smallest absolute Gasteiger partial charge is 0.0699 e. The van der Waals surface area contributed by atoms with E-state index < -0.39 is 0 Å². The van der Waals surface area contributed by atoms with Crippen molar-refractivity contribution in [2.24, 2.45) is 7.05 Å². The van der Waals surface area contributed by atoms with Crippen LogP contribution in [0.4, 0.5) is 5.69 Å². The van der Waals surface area contributed by atoms with Crippen molar-refractivity contribution in [3.8, 4) is 0 Å². The molecule has 0 aliphatic heterocycles. The number of aromatic nitrogens is 2. The van der Waals surface area contributed by atoms with Crippen molar-refractivity contribution in [2.75, 3.05) is 5.32 Å². The van der Waals surface area contributed by atoms with Crippen molar-refractivity contribution >= 4 is 53.5 Å². The summed E-state index contributed by atoms with van der Waals surface area (Å²) in [7, 11) is 1.96. The average molecular weight is 466 g/mol. The van der Waals surface area contributed by atoms with Gasteiger partial charge < -0.3 is 5.32 Å². The SMILES string of the molecule is CC(C)c1nn(C)cc1CNc1c(Br)cc(Br)cc1Br. The first-order valence-corrected chi connectivity index (χ1v) is 8.67. The molecular formula is C14H16Br3N3. The Kier molecular flexibility index (Phi) is 5.31. The number of nitrogens with zero attached hydrogens (tertiary/aromatic N) is 2. The Balaban J connectivity index is 2.21. The fourth-order valence-corrected chi connectivity index (χ4v) is 4.61. The van der Waals surface area contributed by atoms with Crippen LogP contribution in [-0.2, 0) is 13.6 Å². The van der Waals surface area contributed by atoms with Gasteiger partial charge in [0, 0.05) is 38.8 Å². The van der Waals surface area contributed by atoms with Gasteiger partial charge in [0.15, 0.2) is 0 Å². The molecule has 0 amide bonds. The first-order valence-electron chi connectivity index (χ1n) is 6.29. The number of halogens is 3. The van der Waals surface area contributed by atoms with Crippen LogP contribution in [0.25, 0.3) is 0 Å². The number of nitrogens with one attached hydrogen (secondary N) is 1. The molecule has 1 heterocycles. The Labute approximate surface area is 144 Å². The zero-order valence-corrected chi connectivity index (χ0v) is 16.3. The number of anilines is 1. The van der Waals surface area contributed by atoms with Crippen molar-refractivity contribution in [3.05, 3.63) is 43.0 Å². The zero-order chi connectivity index (χ0) is 14.9. The molecule has 20 heavy (non-hydrogen) atoms. The lowest BCUT2D eigenvalue weighted by Crippen LogP contribution is -2.03. The first kappa shape index (κ1) is 16.0. The fourth-order valence-electron chi connectivity index (χ4n) is 2.07. The van der Waals surface area contributed by atoms with Crippen LogP contribution in [0.2, 0.25) is 0 Å². The first-order chi connectivity index (χ1) is 9.38. The molecule has 0 fully saturated rings. The maximum atomic E-state index is 4.53. The van der Waals surface area contributed by atoms with Crippen molar-refractivity contribution in [3.63, 3.8) is 0 Å². The van der Waals surface area contributed by atoms with E-state index in [2.05, 4.69) is 78.2 Å². The summed E-state index contributed by atoms with van der Waals surface area (Å²) < 4.78 is 4.95. The van der Waals surface area contributed by atoms with Crippen molar-refractivity contribution in [1.82, 2.24) is 9.78 Å². The summed E-state index contributed by atoms with van der Waals surface area (Å²) in [6, 6.07) is 4.05. The van der Waals surface area contributed by atoms with E-state index in [0.717, 1.165) is 31.3 Å². The molecule has 1 aromatic heterocycles. The van der Waals surface area contributed by atoms with Gasteiger partial charge in [-0.25, -0.2) is 0 Å². The van der Waals surface area contributed by atoms with Gasteiger partial charge in [-0.2, -0.15) is 5.10 Å². The summed E-state index contributed by atoms with van der Waals surface area (Å²) in [5.41, 5.74) is 3.42. The highest BCUT2D eigenvalue weighted by atomic mass is 79.9. The number of benzene rings is 1. The zero-order valence-electron chi connectivity index (χ0n) is 11.5. The summed E-state index contributed by atoms with van der Waals surface area (Å²) >= 11 is 10.6. The third kappa shape index (κ3) is 3.65. The molecule has 0 spiro atoms.